The summed E-state index contributed by atoms with van der Waals surface area (Å²) in [6.45, 7) is 0.202. The highest BCUT2D eigenvalue weighted by Crippen LogP contribution is 2.41. The Kier molecular flexibility index (Phi) is 2.20. The van der Waals surface area contributed by atoms with Crippen LogP contribution in [-0.2, 0) is 9.05 Å². The van der Waals surface area contributed by atoms with E-state index < -0.39 is 14.7 Å². The highest BCUT2D eigenvalue weighted by molar-refractivity contribution is 8.16. The fourth-order valence-electron chi connectivity index (χ4n) is 2.33. The van der Waals surface area contributed by atoms with E-state index in [1.165, 1.54) is 0 Å². The molecule has 1 spiro atoms. The molecule has 0 radical (unpaired) electrons. The first-order chi connectivity index (χ1) is 8.04. The fraction of sp³-hybridized carbons (Fsp3) is 0.182. The second-order valence-electron chi connectivity index (χ2n) is 3.96. The molecule has 3 rings (SSSR count). The summed E-state index contributed by atoms with van der Waals surface area (Å²) in [5.74, 6) is 0. The molecule has 0 amide bonds. The number of allylic oxidation sites excluding steroid dienone is 3. The number of hydrogen-bond donors (Lipinski definition) is 1. The maximum Gasteiger partial charge on any atom is 0.259 e. The molecule has 88 valence electrons. The molecular weight excluding hydrogens is 260 g/mol. The lowest BCUT2D eigenvalue weighted by molar-refractivity contribution is 0.527. The summed E-state index contributed by atoms with van der Waals surface area (Å²) in [4.78, 5) is 4.59. The molecule has 1 N–H and O–H groups in total. The Bertz CT molecular complexity index is 640. The molecule has 0 fully saturated rings. The molecule has 0 aromatic heterocycles. The Balaban J connectivity index is 2.27. The van der Waals surface area contributed by atoms with Crippen LogP contribution in [0.1, 0.15) is 0 Å². The standard InChI is InChI=1S/C11H9ClN2O2S/c12-17(15,16)10-7-14-11-8(4-2-6-13-11)3-1-5-9(10)11/h1-6,14H,7H2. The van der Waals surface area contributed by atoms with Crippen molar-refractivity contribution in [2.45, 2.75) is 5.66 Å². The van der Waals surface area contributed by atoms with Crippen molar-refractivity contribution >= 4 is 25.9 Å². The number of rotatable bonds is 1. The smallest absolute Gasteiger partial charge is 0.259 e. The fourth-order valence-corrected chi connectivity index (χ4v) is 3.46. The van der Waals surface area contributed by atoms with Crippen molar-refractivity contribution in [1.82, 2.24) is 5.32 Å². The third-order valence-corrected chi connectivity index (χ3v) is 4.59. The molecule has 0 saturated carbocycles. The molecule has 3 aliphatic rings. The minimum atomic E-state index is -3.72. The van der Waals surface area contributed by atoms with Crippen molar-refractivity contribution < 1.29 is 8.42 Å². The largest absolute Gasteiger partial charge is 0.281 e. The van der Waals surface area contributed by atoms with Gasteiger partial charge in [-0.05, 0) is 11.6 Å². The Morgan fingerprint density at radius 1 is 1.35 bits per heavy atom. The molecule has 2 heterocycles. The van der Waals surface area contributed by atoms with Crippen LogP contribution in [0.5, 0.6) is 0 Å². The Morgan fingerprint density at radius 3 is 2.94 bits per heavy atom. The summed E-state index contributed by atoms with van der Waals surface area (Å²) in [5.41, 5.74) is 0.777. The van der Waals surface area contributed by atoms with Gasteiger partial charge in [-0.25, -0.2) is 8.42 Å². The van der Waals surface area contributed by atoms with Gasteiger partial charge in [0, 0.05) is 29.0 Å². The zero-order valence-corrected chi connectivity index (χ0v) is 10.3. The molecule has 1 unspecified atom stereocenters. The van der Waals surface area contributed by atoms with Crippen molar-refractivity contribution in [2.24, 2.45) is 4.99 Å². The van der Waals surface area contributed by atoms with E-state index in [9.17, 15) is 8.42 Å². The number of nitrogens with zero attached hydrogens (tertiary/aromatic N) is 1. The van der Waals surface area contributed by atoms with E-state index in [-0.39, 0.29) is 11.4 Å². The number of dihydropyridines is 1. The molecule has 0 aromatic rings. The van der Waals surface area contributed by atoms with Gasteiger partial charge in [-0.1, -0.05) is 24.3 Å². The first-order valence-electron chi connectivity index (χ1n) is 5.08. The van der Waals surface area contributed by atoms with Crippen molar-refractivity contribution in [3.8, 4) is 0 Å². The Hall–Kier alpha value is -1.17. The van der Waals surface area contributed by atoms with Gasteiger partial charge >= 0.3 is 0 Å². The lowest BCUT2D eigenvalue weighted by Crippen LogP contribution is -2.43. The molecule has 17 heavy (non-hydrogen) atoms. The molecule has 0 aromatic carbocycles. The van der Waals surface area contributed by atoms with Crippen LogP contribution in [-0.4, -0.2) is 26.8 Å². The molecule has 1 aliphatic carbocycles. The van der Waals surface area contributed by atoms with Gasteiger partial charge in [-0.3, -0.25) is 10.3 Å². The van der Waals surface area contributed by atoms with Crippen LogP contribution in [0.3, 0.4) is 0 Å². The van der Waals surface area contributed by atoms with Gasteiger partial charge in [0.2, 0.25) is 0 Å². The van der Waals surface area contributed by atoms with E-state index in [0.717, 1.165) is 5.57 Å². The van der Waals surface area contributed by atoms with Crippen LogP contribution in [0.2, 0.25) is 0 Å². The van der Waals surface area contributed by atoms with Gasteiger partial charge < -0.3 is 0 Å². The monoisotopic (exact) mass is 268 g/mol. The minimum Gasteiger partial charge on any atom is -0.281 e. The second-order valence-corrected chi connectivity index (χ2v) is 6.54. The van der Waals surface area contributed by atoms with Crippen LogP contribution in [0.25, 0.3) is 0 Å². The molecule has 6 heteroatoms. The van der Waals surface area contributed by atoms with Gasteiger partial charge in [-0.2, -0.15) is 0 Å². The first kappa shape index (κ1) is 11.0. The summed E-state index contributed by atoms with van der Waals surface area (Å²) in [6.07, 6.45) is 10.9. The van der Waals surface area contributed by atoms with E-state index >= 15 is 0 Å². The third-order valence-electron chi connectivity index (χ3n) is 3.08. The van der Waals surface area contributed by atoms with Crippen molar-refractivity contribution in [3.63, 3.8) is 0 Å². The molecule has 2 aliphatic heterocycles. The highest BCUT2D eigenvalue weighted by atomic mass is 35.7. The predicted molar refractivity (Wildman–Crippen MR) is 67.4 cm³/mol. The number of aliphatic imine (C=N–C) groups is 1. The Labute approximate surface area is 103 Å². The minimum absolute atomic E-state index is 0.202. The predicted octanol–water partition coefficient (Wildman–Crippen LogP) is 1.25. The van der Waals surface area contributed by atoms with Crippen molar-refractivity contribution in [1.29, 1.82) is 0 Å². The van der Waals surface area contributed by atoms with Crippen molar-refractivity contribution in [2.75, 3.05) is 6.54 Å². The Morgan fingerprint density at radius 2 is 2.18 bits per heavy atom. The molecule has 0 bridgehead atoms. The van der Waals surface area contributed by atoms with Gasteiger partial charge in [0.1, 0.15) is 0 Å². The van der Waals surface area contributed by atoms with Crippen LogP contribution in [0, 0.1) is 0 Å². The van der Waals surface area contributed by atoms with Gasteiger partial charge in [0.15, 0.2) is 5.66 Å². The van der Waals surface area contributed by atoms with E-state index in [2.05, 4.69) is 10.3 Å². The summed E-state index contributed by atoms with van der Waals surface area (Å²) >= 11 is 0. The number of halogens is 1. The average molecular weight is 269 g/mol. The van der Waals surface area contributed by atoms with Gasteiger partial charge in [0.05, 0.1) is 4.91 Å². The second kappa shape index (κ2) is 3.41. The van der Waals surface area contributed by atoms with Crippen LogP contribution in [0.15, 0.2) is 51.4 Å². The van der Waals surface area contributed by atoms with Gasteiger partial charge in [0.25, 0.3) is 9.05 Å². The number of hydrogen-bond acceptors (Lipinski definition) is 4. The molecule has 0 saturated heterocycles. The summed E-state index contributed by atoms with van der Waals surface area (Å²) in [7, 11) is 1.72. The third kappa shape index (κ3) is 1.46. The molecule has 1 atom stereocenters. The van der Waals surface area contributed by atoms with E-state index in [1.54, 1.807) is 12.3 Å². The van der Waals surface area contributed by atoms with Crippen LogP contribution >= 0.6 is 10.7 Å². The van der Waals surface area contributed by atoms with Gasteiger partial charge in [-0.15, -0.1) is 0 Å². The van der Waals surface area contributed by atoms with E-state index in [4.69, 9.17) is 10.7 Å². The molecular formula is C11H9ClN2O2S. The number of nitrogens with one attached hydrogen (secondary N) is 1. The normalized spacial score (nSPS) is 30.3. The first-order valence-corrected chi connectivity index (χ1v) is 7.39. The topological polar surface area (TPSA) is 58.5 Å². The summed E-state index contributed by atoms with van der Waals surface area (Å²) in [6, 6.07) is 0. The van der Waals surface area contributed by atoms with Crippen molar-refractivity contribution in [3.05, 3.63) is 46.4 Å². The quantitative estimate of drug-likeness (QED) is 0.728. The summed E-state index contributed by atoms with van der Waals surface area (Å²) < 4.78 is 23.0. The lowest BCUT2D eigenvalue weighted by atomic mass is 9.87. The maximum atomic E-state index is 11.5. The molecule has 4 nitrogen and oxygen atoms in total. The zero-order valence-electron chi connectivity index (χ0n) is 8.72. The lowest BCUT2D eigenvalue weighted by Gasteiger charge is -2.32. The van der Waals surface area contributed by atoms with E-state index in [1.807, 2.05) is 24.3 Å². The highest BCUT2D eigenvalue weighted by Gasteiger charge is 2.45. The van der Waals surface area contributed by atoms with E-state index in [0.29, 0.717) is 5.57 Å². The van der Waals surface area contributed by atoms with Crippen LogP contribution < -0.4 is 5.32 Å². The summed E-state index contributed by atoms with van der Waals surface area (Å²) in [5, 5.41) is 3.12. The average Bonchev–Trinajstić information content (AvgIpc) is 2.65. The zero-order chi connectivity index (χ0) is 12.1. The SMILES string of the molecule is O=S(=O)(Cl)C1=C2C=CC=C3C=CC=NC32NC1. The maximum absolute atomic E-state index is 11.5. The van der Waals surface area contributed by atoms with Crippen LogP contribution in [0.4, 0.5) is 0 Å².